The molecule has 0 fully saturated rings. The van der Waals surface area contributed by atoms with Crippen molar-refractivity contribution in [3.8, 4) is 22.6 Å². The second-order valence-electron chi connectivity index (χ2n) is 6.50. The van der Waals surface area contributed by atoms with Crippen molar-refractivity contribution in [1.82, 2.24) is 9.88 Å². The van der Waals surface area contributed by atoms with Crippen LogP contribution < -0.4 is 9.47 Å². The maximum absolute atomic E-state index is 13.1. The van der Waals surface area contributed by atoms with Gasteiger partial charge >= 0.3 is 0 Å². The summed E-state index contributed by atoms with van der Waals surface area (Å²) in [6.07, 6.45) is 1.66. The first-order chi connectivity index (χ1) is 13.6. The van der Waals surface area contributed by atoms with Crippen LogP contribution in [-0.2, 0) is 6.54 Å². The molecule has 2 aromatic carbocycles. The molecule has 142 valence electrons. The molecular weight excluding hydrogens is 376 g/mol. The fraction of sp³-hybridized carbons (Fsp3) is 0.182. The highest BCUT2D eigenvalue weighted by atomic mass is 35.5. The third-order valence-electron chi connectivity index (χ3n) is 4.69. The van der Waals surface area contributed by atoms with Crippen molar-refractivity contribution in [1.29, 1.82) is 0 Å². The number of carbonyl (C=O) groups excluding carboxylic acids is 1. The van der Waals surface area contributed by atoms with E-state index < -0.39 is 0 Å². The van der Waals surface area contributed by atoms with Crippen molar-refractivity contribution in [3.63, 3.8) is 0 Å². The van der Waals surface area contributed by atoms with Crippen LogP contribution in [0.2, 0.25) is 5.15 Å². The summed E-state index contributed by atoms with van der Waals surface area (Å²) in [6, 6.07) is 17.0. The van der Waals surface area contributed by atoms with Gasteiger partial charge in [-0.15, -0.1) is 0 Å². The number of hydrogen-bond acceptors (Lipinski definition) is 4. The predicted molar refractivity (Wildman–Crippen MR) is 108 cm³/mol. The summed E-state index contributed by atoms with van der Waals surface area (Å²) >= 11 is 5.99. The first-order valence-corrected chi connectivity index (χ1v) is 9.33. The van der Waals surface area contributed by atoms with Gasteiger partial charge in [-0.25, -0.2) is 4.98 Å². The quantitative estimate of drug-likeness (QED) is 0.613. The molecule has 1 aliphatic heterocycles. The Morgan fingerprint density at radius 1 is 1.14 bits per heavy atom. The molecule has 1 aromatic heterocycles. The SMILES string of the molecule is COc1cccc(CN2CCOc3cc(-c4ccnc(Cl)c4)ccc3C2=O)c1. The van der Waals surface area contributed by atoms with E-state index in [1.807, 2.05) is 48.5 Å². The lowest BCUT2D eigenvalue weighted by molar-refractivity contribution is 0.0743. The summed E-state index contributed by atoms with van der Waals surface area (Å²) in [5.74, 6) is 1.32. The molecule has 1 amide bonds. The highest BCUT2D eigenvalue weighted by molar-refractivity contribution is 6.29. The maximum Gasteiger partial charge on any atom is 0.258 e. The Bertz CT molecular complexity index is 1020. The van der Waals surface area contributed by atoms with Gasteiger partial charge in [-0.3, -0.25) is 4.79 Å². The molecule has 1 aliphatic rings. The normalized spacial score (nSPS) is 13.5. The number of amides is 1. The van der Waals surface area contributed by atoms with E-state index in [-0.39, 0.29) is 5.91 Å². The van der Waals surface area contributed by atoms with Gasteiger partial charge in [-0.05, 0) is 53.1 Å². The monoisotopic (exact) mass is 394 g/mol. The van der Waals surface area contributed by atoms with Crippen LogP contribution in [0.4, 0.5) is 0 Å². The smallest absolute Gasteiger partial charge is 0.258 e. The molecule has 0 saturated carbocycles. The molecule has 3 aromatic rings. The summed E-state index contributed by atoms with van der Waals surface area (Å²) in [7, 11) is 1.63. The van der Waals surface area contributed by atoms with E-state index >= 15 is 0 Å². The number of pyridine rings is 1. The molecule has 2 heterocycles. The van der Waals surface area contributed by atoms with Gasteiger partial charge in [0, 0.05) is 12.7 Å². The number of aromatic nitrogens is 1. The molecule has 0 N–H and O–H groups in total. The Balaban J connectivity index is 1.61. The fourth-order valence-corrected chi connectivity index (χ4v) is 3.43. The maximum atomic E-state index is 13.1. The van der Waals surface area contributed by atoms with Gasteiger partial charge in [-0.1, -0.05) is 29.8 Å². The summed E-state index contributed by atoms with van der Waals surface area (Å²) in [4.78, 5) is 18.9. The van der Waals surface area contributed by atoms with Crippen molar-refractivity contribution in [2.24, 2.45) is 0 Å². The number of rotatable bonds is 4. The third-order valence-corrected chi connectivity index (χ3v) is 4.89. The van der Waals surface area contributed by atoms with Crippen LogP contribution in [0.3, 0.4) is 0 Å². The minimum atomic E-state index is -0.0466. The van der Waals surface area contributed by atoms with Crippen molar-refractivity contribution >= 4 is 17.5 Å². The zero-order valence-corrected chi connectivity index (χ0v) is 16.1. The highest BCUT2D eigenvalue weighted by Crippen LogP contribution is 2.31. The summed E-state index contributed by atoms with van der Waals surface area (Å²) in [6.45, 7) is 1.45. The first kappa shape index (κ1) is 18.3. The Morgan fingerprint density at radius 3 is 2.82 bits per heavy atom. The molecule has 0 bridgehead atoms. The largest absolute Gasteiger partial charge is 0.497 e. The van der Waals surface area contributed by atoms with E-state index in [1.165, 1.54) is 0 Å². The van der Waals surface area contributed by atoms with Gasteiger partial charge in [0.25, 0.3) is 5.91 Å². The Hall–Kier alpha value is -3.05. The number of hydrogen-bond donors (Lipinski definition) is 0. The number of carbonyl (C=O) groups is 1. The molecule has 0 atom stereocenters. The molecule has 0 spiro atoms. The lowest BCUT2D eigenvalue weighted by Crippen LogP contribution is -2.31. The topological polar surface area (TPSA) is 51.7 Å². The van der Waals surface area contributed by atoms with E-state index in [0.717, 1.165) is 22.4 Å². The number of methoxy groups -OCH3 is 1. The van der Waals surface area contributed by atoms with Gasteiger partial charge in [0.05, 0.1) is 19.2 Å². The van der Waals surface area contributed by atoms with E-state index in [9.17, 15) is 4.79 Å². The molecule has 4 rings (SSSR count). The lowest BCUT2D eigenvalue weighted by Gasteiger charge is -2.20. The summed E-state index contributed by atoms with van der Waals surface area (Å²) in [5.41, 5.74) is 3.43. The van der Waals surface area contributed by atoms with Crippen molar-refractivity contribution in [2.45, 2.75) is 6.54 Å². The average molecular weight is 395 g/mol. The summed E-state index contributed by atoms with van der Waals surface area (Å²) < 4.78 is 11.2. The van der Waals surface area contributed by atoms with Crippen molar-refractivity contribution < 1.29 is 14.3 Å². The van der Waals surface area contributed by atoms with Crippen LogP contribution in [0.15, 0.2) is 60.8 Å². The number of fused-ring (bicyclic) bond motifs is 1. The molecule has 28 heavy (non-hydrogen) atoms. The third kappa shape index (κ3) is 3.80. The fourth-order valence-electron chi connectivity index (χ4n) is 3.26. The van der Waals surface area contributed by atoms with E-state index in [4.69, 9.17) is 21.1 Å². The molecule has 6 heteroatoms. The molecule has 5 nitrogen and oxygen atoms in total. The average Bonchev–Trinajstić information content (AvgIpc) is 2.87. The van der Waals surface area contributed by atoms with Gasteiger partial charge in [0.1, 0.15) is 23.3 Å². The molecule has 0 aliphatic carbocycles. The van der Waals surface area contributed by atoms with Crippen LogP contribution >= 0.6 is 11.6 Å². The van der Waals surface area contributed by atoms with Gasteiger partial charge in [0.2, 0.25) is 0 Å². The minimum Gasteiger partial charge on any atom is -0.497 e. The highest BCUT2D eigenvalue weighted by Gasteiger charge is 2.24. The first-order valence-electron chi connectivity index (χ1n) is 8.95. The van der Waals surface area contributed by atoms with Gasteiger partial charge in [0.15, 0.2) is 0 Å². The van der Waals surface area contributed by atoms with Crippen LogP contribution in [0.5, 0.6) is 11.5 Å². The lowest BCUT2D eigenvalue weighted by atomic mass is 10.0. The van der Waals surface area contributed by atoms with Crippen LogP contribution in [-0.4, -0.2) is 36.1 Å². The van der Waals surface area contributed by atoms with Gasteiger partial charge in [-0.2, -0.15) is 0 Å². The Morgan fingerprint density at radius 2 is 2.00 bits per heavy atom. The standard InChI is InChI=1S/C22H19ClN2O3/c1-27-18-4-2-3-15(11-18)14-25-9-10-28-20-12-16(5-6-19(20)22(25)26)17-7-8-24-21(23)13-17/h2-8,11-13H,9-10,14H2,1H3. The Kier molecular flexibility index (Phi) is 5.17. The zero-order chi connectivity index (χ0) is 19.5. The number of nitrogens with zero attached hydrogens (tertiary/aromatic N) is 2. The van der Waals surface area contributed by atoms with E-state index in [1.54, 1.807) is 24.3 Å². The van der Waals surface area contributed by atoms with Crippen LogP contribution in [0.25, 0.3) is 11.1 Å². The van der Waals surface area contributed by atoms with Crippen LogP contribution in [0.1, 0.15) is 15.9 Å². The number of ether oxygens (including phenoxy) is 2. The zero-order valence-electron chi connectivity index (χ0n) is 15.4. The number of halogens is 1. The summed E-state index contributed by atoms with van der Waals surface area (Å²) in [5, 5.41) is 0.425. The van der Waals surface area contributed by atoms with E-state index in [0.29, 0.717) is 36.2 Å². The molecule has 0 saturated heterocycles. The number of benzene rings is 2. The van der Waals surface area contributed by atoms with Crippen molar-refractivity contribution in [3.05, 3.63) is 77.1 Å². The van der Waals surface area contributed by atoms with Gasteiger partial charge < -0.3 is 14.4 Å². The Labute approximate surface area is 168 Å². The van der Waals surface area contributed by atoms with Crippen molar-refractivity contribution in [2.75, 3.05) is 20.3 Å². The second-order valence-corrected chi connectivity index (χ2v) is 6.89. The van der Waals surface area contributed by atoms with E-state index in [2.05, 4.69) is 4.98 Å². The molecular formula is C22H19ClN2O3. The molecule has 0 unspecified atom stereocenters. The minimum absolute atomic E-state index is 0.0466. The molecule has 0 radical (unpaired) electrons. The van der Waals surface area contributed by atoms with Crippen LogP contribution in [0, 0.1) is 0 Å². The second kappa shape index (κ2) is 7.90. The predicted octanol–water partition coefficient (Wildman–Crippen LogP) is 4.45.